The monoisotopic (exact) mass is 467 g/mol. The molecule has 1 saturated heterocycles. The maximum absolute atomic E-state index is 13.0. The van der Waals surface area contributed by atoms with Crippen molar-refractivity contribution in [1.29, 1.82) is 0 Å². The largest absolute Gasteiger partial charge is 0.487 e. The first-order chi connectivity index (χ1) is 15.6. The molecule has 4 aromatic rings. The number of aromatic nitrogens is 4. The molecule has 7 nitrogen and oxygen atoms in total. The fraction of sp³-hybridized carbons (Fsp3) is 0.292. The van der Waals surface area contributed by atoms with E-state index >= 15 is 0 Å². The summed E-state index contributed by atoms with van der Waals surface area (Å²) in [6.07, 6.45) is 6.20. The van der Waals surface area contributed by atoms with Gasteiger partial charge in [0.25, 0.3) is 5.56 Å². The number of hydrogen-bond acceptors (Lipinski definition) is 5. The van der Waals surface area contributed by atoms with Gasteiger partial charge >= 0.3 is 0 Å². The number of rotatable bonds is 4. The Morgan fingerprint density at radius 2 is 2.09 bits per heavy atom. The predicted octanol–water partition coefficient (Wildman–Crippen LogP) is 3.61. The van der Waals surface area contributed by atoms with E-state index in [9.17, 15) is 9.18 Å². The molecule has 6 heterocycles. The Labute approximate surface area is 195 Å². The van der Waals surface area contributed by atoms with E-state index < -0.39 is 5.82 Å². The molecule has 0 amide bonds. The molecular formula is C24H23ClFN5O2. The second kappa shape index (κ2) is 8.28. The van der Waals surface area contributed by atoms with Gasteiger partial charge in [-0.3, -0.25) is 14.3 Å². The Bertz CT molecular complexity index is 1400. The van der Waals surface area contributed by atoms with Crippen LogP contribution in [0.15, 0.2) is 53.6 Å². The van der Waals surface area contributed by atoms with Crippen molar-refractivity contribution in [3.05, 3.63) is 81.9 Å². The Hall–Kier alpha value is -3.23. The lowest BCUT2D eigenvalue weighted by Crippen LogP contribution is -2.32. The number of nitrogens with zero attached hydrogens (tertiary/aromatic N) is 4. The van der Waals surface area contributed by atoms with E-state index in [0.29, 0.717) is 29.3 Å². The van der Waals surface area contributed by atoms with Crippen LogP contribution in [0.3, 0.4) is 0 Å². The molecule has 2 atom stereocenters. The second-order valence-electron chi connectivity index (χ2n) is 8.48. The summed E-state index contributed by atoms with van der Waals surface area (Å²) in [6.45, 7) is 0.152. The lowest BCUT2D eigenvalue weighted by molar-refractivity contribution is 0.300. The van der Waals surface area contributed by atoms with Crippen LogP contribution in [-0.4, -0.2) is 25.1 Å². The highest BCUT2D eigenvalue weighted by Crippen LogP contribution is 2.41. The van der Waals surface area contributed by atoms with Gasteiger partial charge in [-0.25, -0.2) is 9.37 Å². The molecule has 9 heteroatoms. The molecule has 0 aromatic carbocycles. The summed E-state index contributed by atoms with van der Waals surface area (Å²) in [7, 11) is 2.06. The molecule has 6 rings (SSSR count). The van der Waals surface area contributed by atoms with E-state index in [1.807, 2.05) is 6.07 Å². The topological polar surface area (TPSA) is 74.0 Å². The van der Waals surface area contributed by atoms with E-state index in [2.05, 4.69) is 28.0 Å². The van der Waals surface area contributed by atoms with Crippen LogP contribution in [0, 0.1) is 5.82 Å². The molecule has 1 fully saturated rings. The first-order valence-corrected chi connectivity index (χ1v) is 10.8. The van der Waals surface area contributed by atoms with Crippen LogP contribution in [0.25, 0.3) is 16.9 Å². The number of halogens is 2. The summed E-state index contributed by atoms with van der Waals surface area (Å²) in [5.41, 5.74) is 3.96. The molecule has 0 spiro atoms. The van der Waals surface area contributed by atoms with E-state index in [0.717, 1.165) is 30.1 Å². The van der Waals surface area contributed by atoms with E-state index in [1.54, 1.807) is 18.3 Å². The van der Waals surface area contributed by atoms with Gasteiger partial charge in [0, 0.05) is 48.9 Å². The predicted molar refractivity (Wildman–Crippen MR) is 125 cm³/mol. The minimum atomic E-state index is -0.399. The van der Waals surface area contributed by atoms with Crippen molar-refractivity contribution < 1.29 is 9.13 Å². The lowest BCUT2D eigenvalue weighted by atomic mass is 10.00. The van der Waals surface area contributed by atoms with Crippen molar-refractivity contribution in [3.63, 3.8) is 0 Å². The molecule has 2 bridgehead atoms. The van der Waals surface area contributed by atoms with Crippen LogP contribution in [0.5, 0.6) is 5.75 Å². The van der Waals surface area contributed by atoms with Gasteiger partial charge in [0.05, 0.1) is 11.9 Å². The second-order valence-corrected chi connectivity index (χ2v) is 8.48. The fourth-order valence-electron chi connectivity index (χ4n) is 4.97. The Morgan fingerprint density at radius 1 is 1.21 bits per heavy atom. The smallest absolute Gasteiger partial charge is 0.259 e. The number of nitrogens with one attached hydrogen (secondary N) is 1. The van der Waals surface area contributed by atoms with Gasteiger partial charge in [-0.05, 0) is 48.7 Å². The third kappa shape index (κ3) is 3.69. The molecule has 170 valence electrons. The molecule has 2 aliphatic rings. The van der Waals surface area contributed by atoms with Crippen LogP contribution >= 0.6 is 12.4 Å². The van der Waals surface area contributed by atoms with Gasteiger partial charge in [0.1, 0.15) is 29.6 Å². The summed E-state index contributed by atoms with van der Waals surface area (Å²) in [4.78, 5) is 21.6. The van der Waals surface area contributed by atoms with Crippen LogP contribution in [0.2, 0.25) is 0 Å². The zero-order chi connectivity index (χ0) is 21.8. The minimum absolute atomic E-state index is 0. The Kier molecular flexibility index (Phi) is 5.42. The third-order valence-electron chi connectivity index (χ3n) is 6.53. The zero-order valence-electron chi connectivity index (χ0n) is 18.0. The van der Waals surface area contributed by atoms with Crippen molar-refractivity contribution in [3.8, 4) is 11.6 Å². The van der Waals surface area contributed by atoms with Crippen LogP contribution in [0.1, 0.15) is 35.8 Å². The van der Waals surface area contributed by atoms with Gasteiger partial charge in [-0.15, -0.1) is 12.4 Å². The first-order valence-electron chi connectivity index (χ1n) is 10.8. The average molecular weight is 468 g/mol. The summed E-state index contributed by atoms with van der Waals surface area (Å²) in [6, 6.07) is 10.9. The summed E-state index contributed by atoms with van der Waals surface area (Å²) in [5, 5.41) is 4.86. The maximum Gasteiger partial charge on any atom is 0.259 e. The number of ether oxygens (including phenoxy) is 1. The molecular weight excluding hydrogens is 445 g/mol. The maximum atomic E-state index is 13.0. The SMILES string of the molecule is Cl.Cn1c2c(c3ccc(-n4ccc(OCc5ccc(F)cn5)cc4=O)nc31)C1CCC(C2)N1. The molecule has 2 unspecified atom stereocenters. The van der Waals surface area contributed by atoms with Crippen molar-refractivity contribution in [2.75, 3.05) is 0 Å². The van der Waals surface area contributed by atoms with Crippen molar-refractivity contribution in [2.24, 2.45) is 7.05 Å². The van der Waals surface area contributed by atoms with Gasteiger partial charge in [0.2, 0.25) is 0 Å². The molecule has 33 heavy (non-hydrogen) atoms. The molecule has 4 aromatic heterocycles. The quantitative estimate of drug-likeness (QED) is 0.496. The minimum Gasteiger partial charge on any atom is -0.487 e. The van der Waals surface area contributed by atoms with Crippen LogP contribution in [-0.2, 0) is 20.1 Å². The van der Waals surface area contributed by atoms with Crippen molar-refractivity contribution in [2.45, 2.75) is 38.0 Å². The first kappa shape index (κ1) is 21.6. The number of aryl methyl sites for hydroxylation is 1. The highest BCUT2D eigenvalue weighted by Gasteiger charge is 2.36. The Balaban J connectivity index is 0.00000228. The van der Waals surface area contributed by atoms with E-state index in [-0.39, 0.29) is 24.6 Å². The van der Waals surface area contributed by atoms with Gasteiger partial charge in [0.15, 0.2) is 0 Å². The normalized spacial score (nSPS) is 18.7. The van der Waals surface area contributed by atoms with Crippen molar-refractivity contribution >= 4 is 23.4 Å². The number of pyridine rings is 3. The molecule has 1 N–H and O–H groups in total. The average Bonchev–Trinajstić information content (AvgIpc) is 3.31. The number of fused-ring (bicyclic) bond motifs is 6. The fourth-order valence-corrected chi connectivity index (χ4v) is 4.97. The van der Waals surface area contributed by atoms with Gasteiger partial charge < -0.3 is 14.6 Å². The highest BCUT2D eigenvalue weighted by atomic mass is 35.5. The standard InChI is InChI=1S/C24H22FN5O2.ClH/c1-29-20-10-15-4-6-19(27-15)23(20)18-5-7-21(28-24(18)29)30-9-8-17(11-22(30)31)32-13-16-3-2-14(25)12-26-16;/h2-3,5,7-9,11-12,15,19,27H,4,6,10,13H2,1H3;1H. The summed E-state index contributed by atoms with van der Waals surface area (Å²) >= 11 is 0. The summed E-state index contributed by atoms with van der Waals surface area (Å²) in [5.74, 6) is 0.601. The molecule has 0 radical (unpaired) electrons. The van der Waals surface area contributed by atoms with E-state index in [1.165, 1.54) is 34.4 Å². The lowest BCUT2D eigenvalue weighted by Gasteiger charge is -2.22. The molecule has 0 saturated carbocycles. The summed E-state index contributed by atoms with van der Waals surface area (Å²) < 4.78 is 22.3. The van der Waals surface area contributed by atoms with E-state index in [4.69, 9.17) is 9.72 Å². The van der Waals surface area contributed by atoms with Crippen LogP contribution < -0.4 is 15.6 Å². The van der Waals surface area contributed by atoms with Crippen molar-refractivity contribution in [1.82, 2.24) is 24.4 Å². The third-order valence-corrected chi connectivity index (χ3v) is 6.53. The molecule has 2 aliphatic heterocycles. The molecule has 0 aliphatic carbocycles. The van der Waals surface area contributed by atoms with Gasteiger partial charge in [-0.1, -0.05) is 0 Å². The number of hydrogen-bond donors (Lipinski definition) is 1. The van der Waals surface area contributed by atoms with Crippen LogP contribution in [0.4, 0.5) is 4.39 Å². The van der Waals surface area contributed by atoms with Gasteiger partial charge in [-0.2, -0.15) is 0 Å². The zero-order valence-corrected chi connectivity index (χ0v) is 18.8. The highest BCUT2D eigenvalue weighted by molar-refractivity contribution is 5.85. The Morgan fingerprint density at radius 3 is 2.88 bits per heavy atom.